The molecule has 0 aliphatic carbocycles. The first kappa shape index (κ1) is 6.84. The molecule has 0 aromatic rings. The van der Waals surface area contributed by atoms with E-state index in [2.05, 4.69) is 0 Å². The molecule has 0 atom stereocenters. The second-order valence-electron chi connectivity index (χ2n) is 1.99. The van der Waals surface area contributed by atoms with Crippen LogP contribution in [-0.2, 0) is 9.31 Å². The third kappa shape index (κ3) is 2.20. The molecule has 0 N–H and O–H groups in total. The van der Waals surface area contributed by atoms with Gasteiger partial charge in [-0.2, -0.15) is 0 Å². The summed E-state index contributed by atoms with van der Waals surface area (Å²) in [6.07, 6.45) is 2.96. The van der Waals surface area contributed by atoms with Crippen molar-refractivity contribution >= 4 is 7.12 Å². The minimum absolute atomic E-state index is 0.0799. The van der Waals surface area contributed by atoms with Crippen LogP contribution >= 0.6 is 0 Å². The van der Waals surface area contributed by atoms with Gasteiger partial charge in [-0.3, -0.25) is 0 Å². The summed E-state index contributed by atoms with van der Waals surface area (Å²) < 4.78 is 10.4. The van der Waals surface area contributed by atoms with Gasteiger partial charge < -0.3 is 9.31 Å². The van der Waals surface area contributed by atoms with E-state index < -0.39 is 0 Å². The van der Waals surface area contributed by atoms with Crippen molar-refractivity contribution in [3.8, 4) is 0 Å². The van der Waals surface area contributed by atoms with Crippen LogP contribution in [0.5, 0.6) is 0 Å². The van der Waals surface area contributed by atoms with Gasteiger partial charge in [-0.05, 0) is 13.3 Å². The highest BCUT2D eigenvalue weighted by atomic mass is 16.6. The van der Waals surface area contributed by atoms with Crippen molar-refractivity contribution in [1.82, 2.24) is 0 Å². The lowest BCUT2D eigenvalue weighted by molar-refractivity contribution is 0.142. The first-order valence-corrected chi connectivity index (χ1v) is 3.29. The zero-order valence-electron chi connectivity index (χ0n) is 5.67. The van der Waals surface area contributed by atoms with E-state index in [0.717, 1.165) is 19.6 Å². The van der Waals surface area contributed by atoms with Gasteiger partial charge in [0.15, 0.2) is 0 Å². The number of rotatable bonds is 1. The van der Waals surface area contributed by atoms with Gasteiger partial charge in [-0.15, -0.1) is 0 Å². The summed E-state index contributed by atoms with van der Waals surface area (Å²) in [4.78, 5) is 0. The van der Waals surface area contributed by atoms with Crippen LogP contribution in [0.25, 0.3) is 0 Å². The number of hydrogen-bond donors (Lipinski definition) is 0. The van der Waals surface area contributed by atoms with Gasteiger partial charge in [0.05, 0.1) is 0 Å². The minimum Gasteiger partial charge on any atom is -0.408 e. The summed E-state index contributed by atoms with van der Waals surface area (Å²) in [6, 6.07) is 0. The molecule has 2 nitrogen and oxygen atoms in total. The van der Waals surface area contributed by atoms with E-state index in [0.29, 0.717) is 0 Å². The summed E-state index contributed by atoms with van der Waals surface area (Å²) in [7, 11) is -0.0799. The third-order valence-electron chi connectivity index (χ3n) is 1.20. The summed E-state index contributed by atoms with van der Waals surface area (Å²) in [5.41, 5.74) is 0. The SMILES string of the molecule is C/C=C/B1OCCCO1. The molecule has 9 heavy (non-hydrogen) atoms. The highest BCUT2D eigenvalue weighted by Crippen LogP contribution is 2.00. The van der Waals surface area contributed by atoms with Gasteiger partial charge in [0.25, 0.3) is 0 Å². The molecule has 0 saturated carbocycles. The molecule has 1 aliphatic heterocycles. The average molecular weight is 126 g/mol. The predicted octanol–water partition coefficient (Wildman–Crippen LogP) is 1.03. The third-order valence-corrected chi connectivity index (χ3v) is 1.20. The molecule has 0 aromatic heterocycles. The highest BCUT2D eigenvalue weighted by Gasteiger charge is 2.16. The van der Waals surface area contributed by atoms with E-state index in [1.54, 1.807) is 0 Å². The van der Waals surface area contributed by atoms with Crippen LogP contribution < -0.4 is 0 Å². The van der Waals surface area contributed by atoms with E-state index >= 15 is 0 Å². The molecular formula is C6H11BO2. The first-order chi connectivity index (χ1) is 4.43. The van der Waals surface area contributed by atoms with Gasteiger partial charge in [-0.25, -0.2) is 0 Å². The van der Waals surface area contributed by atoms with Gasteiger partial charge in [0.2, 0.25) is 0 Å². The zero-order chi connectivity index (χ0) is 6.53. The summed E-state index contributed by atoms with van der Waals surface area (Å²) in [5, 5.41) is 0. The Balaban J connectivity index is 2.23. The van der Waals surface area contributed by atoms with Crippen molar-refractivity contribution in [3.05, 3.63) is 12.1 Å². The lowest BCUT2D eigenvalue weighted by Crippen LogP contribution is -2.27. The molecule has 3 heteroatoms. The summed E-state index contributed by atoms with van der Waals surface area (Å²) in [5.74, 6) is 1.92. The maximum atomic E-state index is 5.21. The standard InChI is InChI=1S/C6H11BO2/c1-2-4-7-8-5-3-6-9-7/h2,4H,3,5-6H2,1H3/b4-2+. The summed E-state index contributed by atoms with van der Waals surface area (Å²) >= 11 is 0. The van der Waals surface area contributed by atoms with Crippen molar-refractivity contribution in [3.63, 3.8) is 0 Å². The molecule has 0 amide bonds. The van der Waals surface area contributed by atoms with Crippen LogP contribution in [0, 0.1) is 0 Å². The van der Waals surface area contributed by atoms with Crippen LogP contribution in [0.2, 0.25) is 0 Å². The predicted molar refractivity (Wildman–Crippen MR) is 37.1 cm³/mol. The van der Waals surface area contributed by atoms with E-state index in [-0.39, 0.29) is 7.12 Å². The molecule has 0 spiro atoms. The second-order valence-corrected chi connectivity index (χ2v) is 1.99. The fourth-order valence-corrected chi connectivity index (χ4v) is 0.774. The molecule has 1 saturated heterocycles. The first-order valence-electron chi connectivity index (χ1n) is 3.29. The van der Waals surface area contributed by atoms with Crippen LogP contribution in [0.1, 0.15) is 13.3 Å². The van der Waals surface area contributed by atoms with Crippen molar-refractivity contribution in [2.45, 2.75) is 13.3 Å². The van der Waals surface area contributed by atoms with Crippen molar-refractivity contribution < 1.29 is 9.31 Å². The Kier molecular flexibility index (Phi) is 2.81. The molecule has 0 bridgehead atoms. The maximum absolute atomic E-state index is 5.21. The van der Waals surface area contributed by atoms with E-state index in [1.807, 2.05) is 19.0 Å². The Morgan fingerprint density at radius 3 is 2.56 bits per heavy atom. The number of allylic oxidation sites excluding steroid dienone is 1. The largest absolute Gasteiger partial charge is 0.485 e. The Morgan fingerprint density at radius 1 is 1.33 bits per heavy atom. The van der Waals surface area contributed by atoms with Gasteiger partial charge in [0.1, 0.15) is 0 Å². The second kappa shape index (κ2) is 3.69. The van der Waals surface area contributed by atoms with Gasteiger partial charge >= 0.3 is 7.12 Å². The molecular weight excluding hydrogens is 115 g/mol. The van der Waals surface area contributed by atoms with Crippen LogP contribution in [0.3, 0.4) is 0 Å². The quantitative estimate of drug-likeness (QED) is 0.488. The highest BCUT2D eigenvalue weighted by molar-refractivity contribution is 6.50. The Hall–Kier alpha value is -0.275. The van der Waals surface area contributed by atoms with Crippen LogP contribution in [-0.4, -0.2) is 20.3 Å². The van der Waals surface area contributed by atoms with Crippen LogP contribution in [0.4, 0.5) is 0 Å². The minimum atomic E-state index is -0.0799. The summed E-state index contributed by atoms with van der Waals surface area (Å²) in [6.45, 7) is 3.62. The molecule has 0 aromatic carbocycles. The number of hydrogen-bond acceptors (Lipinski definition) is 2. The molecule has 0 unspecified atom stereocenters. The van der Waals surface area contributed by atoms with Gasteiger partial charge in [0, 0.05) is 13.2 Å². The maximum Gasteiger partial charge on any atom is 0.485 e. The zero-order valence-corrected chi connectivity index (χ0v) is 5.67. The van der Waals surface area contributed by atoms with E-state index in [9.17, 15) is 0 Å². The Labute approximate surface area is 56.0 Å². The smallest absolute Gasteiger partial charge is 0.408 e. The van der Waals surface area contributed by atoms with Crippen LogP contribution in [0.15, 0.2) is 12.1 Å². The Morgan fingerprint density at radius 2 is 2.00 bits per heavy atom. The fraction of sp³-hybridized carbons (Fsp3) is 0.667. The van der Waals surface area contributed by atoms with Crippen molar-refractivity contribution in [2.75, 3.05) is 13.2 Å². The molecule has 0 radical (unpaired) electrons. The topological polar surface area (TPSA) is 18.5 Å². The molecule has 1 fully saturated rings. The molecule has 1 heterocycles. The average Bonchev–Trinajstić information content (AvgIpc) is 1.91. The van der Waals surface area contributed by atoms with Crippen molar-refractivity contribution in [2.24, 2.45) is 0 Å². The van der Waals surface area contributed by atoms with E-state index in [4.69, 9.17) is 9.31 Å². The lowest BCUT2D eigenvalue weighted by atomic mass is 9.89. The molecule has 50 valence electrons. The van der Waals surface area contributed by atoms with Crippen molar-refractivity contribution in [1.29, 1.82) is 0 Å². The van der Waals surface area contributed by atoms with Gasteiger partial charge in [-0.1, -0.05) is 12.1 Å². The molecule has 1 rings (SSSR count). The fourth-order valence-electron chi connectivity index (χ4n) is 0.774. The lowest BCUT2D eigenvalue weighted by Gasteiger charge is -2.16. The van der Waals surface area contributed by atoms with E-state index in [1.165, 1.54) is 0 Å². The molecule has 1 aliphatic rings. The monoisotopic (exact) mass is 126 g/mol. The Bertz CT molecular complexity index is 97.2. The normalized spacial score (nSPS) is 21.2.